The highest BCUT2D eigenvalue weighted by atomic mass is 16.5. The maximum Gasteiger partial charge on any atom is 0.325 e. The molecule has 0 radical (unpaired) electrons. The number of aromatic nitrogens is 2. The van der Waals surface area contributed by atoms with Crippen LogP contribution in [0, 0.1) is 11.8 Å². The van der Waals surface area contributed by atoms with E-state index >= 15 is 0 Å². The summed E-state index contributed by atoms with van der Waals surface area (Å²) < 4.78 is 17.6. The molecule has 0 unspecified atom stereocenters. The first kappa shape index (κ1) is 26.3. The lowest BCUT2D eigenvalue weighted by Crippen LogP contribution is -2.19. The number of ether oxygens (including phenoxy) is 3. The number of carbonyl (C=O) groups excluding carboxylic acids is 2. The molecule has 3 aromatic rings. The Morgan fingerprint density at radius 1 is 1.08 bits per heavy atom. The molecule has 0 saturated carbocycles. The lowest BCUT2D eigenvalue weighted by molar-refractivity contribution is -0.140. The fourth-order valence-corrected chi connectivity index (χ4v) is 3.24. The van der Waals surface area contributed by atoms with Crippen molar-refractivity contribution in [2.45, 2.75) is 20.0 Å². The molecule has 2 N–H and O–H groups in total. The van der Waals surface area contributed by atoms with E-state index in [9.17, 15) is 9.59 Å². The van der Waals surface area contributed by atoms with Gasteiger partial charge in [-0.3, -0.25) is 14.3 Å². The van der Waals surface area contributed by atoms with Gasteiger partial charge in [0, 0.05) is 48.8 Å². The van der Waals surface area contributed by atoms with E-state index in [0.29, 0.717) is 35.9 Å². The summed E-state index contributed by atoms with van der Waals surface area (Å²) in [7, 11) is 3.38. The number of methoxy groups -OCH3 is 1. The first-order chi connectivity index (χ1) is 17.4. The van der Waals surface area contributed by atoms with Gasteiger partial charge in [0.1, 0.15) is 18.4 Å². The Hall–Kier alpha value is -4.29. The Labute approximate surface area is 210 Å². The number of esters is 1. The third-order valence-corrected chi connectivity index (χ3v) is 4.84. The average molecular weight is 491 g/mol. The van der Waals surface area contributed by atoms with Crippen molar-refractivity contribution >= 4 is 23.4 Å². The first-order valence-corrected chi connectivity index (χ1v) is 11.5. The smallest absolute Gasteiger partial charge is 0.325 e. The van der Waals surface area contributed by atoms with Crippen LogP contribution in [0.25, 0.3) is 0 Å². The minimum absolute atomic E-state index is 0.0937. The van der Waals surface area contributed by atoms with Crippen LogP contribution in [0.3, 0.4) is 0 Å². The maximum atomic E-state index is 12.9. The highest BCUT2D eigenvalue weighted by Gasteiger charge is 2.13. The van der Waals surface area contributed by atoms with Crippen molar-refractivity contribution in [2.24, 2.45) is 7.05 Å². The Morgan fingerprint density at radius 3 is 2.50 bits per heavy atom. The molecule has 188 valence electrons. The molecule has 1 atom stereocenters. The summed E-state index contributed by atoms with van der Waals surface area (Å²) in [4.78, 5) is 24.4. The second kappa shape index (κ2) is 13.0. The molecular formula is C27H30N4O5. The summed E-state index contributed by atoms with van der Waals surface area (Å²) >= 11 is 0. The van der Waals surface area contributed by atoms with Crippen molar-refractivity contribution in [3.05, 3.63) is 71.4 Å². The molecule has 1 aromatic heterocycles. The van der Waals surface area contributed by atoms with E-state index < -0.39 is 0 Å². The molecule has 0 spiro atoms. The Bertz CT molecular complexity index is 1240. The number of aryl methyl sites for hydroxylation is 1. The van der Waals surface area contributed by atoms with Crippen LogP contribution in [0.1, 0.15) is 35.3 Å². The molecule has 9 heteroatoms. The van der Waals surface area contributed by atoms with E-state index in [1.807, 2.05) is 31.2 Å². The van der Waals surface area contributed by atoms with E-state index in [1.54, 1.807) is 56.2 Å². The quantitative estimate of drug-likeness (QED) is 0.331. The van der Waals surface area contributed by atoms with E-state index in [2.05, 4.69) is 27.6 Å². The molecule has 0 saturated heterocycles. The molecule has 0 aliphatic heterocycles. The van der Waals surface area contributed by atoms with Crippen molar-refractivity contribution in [2.75, 3.05) is 37.5 Å². The zero-order valence-corrected chi connectivity index (χ0v) is 20.8. The third kappa shape index (κ3) is 8.18. The van der Waals surface area contributed by atoms with Gasteiger partial charge in [0.25, 0.3) is 5.91 Å². The number of hydrogen-bond acceptors (Lipinski definition) is 7. The van der Waals surface area contributed by atoms with Gasteiger partial charge in [-0.25, -0.2) is 0 Å². The second-order valence-electron chi connectivity index (χ2n) is 7.94. The van der Waals surface area contributed by atoms with Crippen LogP contribution in [0.5, 0.6) is 5.75 Å². The van der Waals surface area contributed by atoms with Crippen LogP contribution >= 0.6 is 0 Å². The van der Waals surface area contributed by atoms with Gasteiger partial charge in [-0.05, 0) is 56.3 Å². The maximum absolute atomic E-state index is 12.9. The Balaban J connectivity index is 1.78. The van der Waals surface area contributed by atoms with E-state index in [4.69, 9.17) is 14.2 Å². The van der Waals surface area contributed by atoms with Crippen molar-refractivity contribution in [3.63, 3.8) is 0 Å². The second-order valence-corrected chi connectivity index (χ2v) is 7.94. The predicted octanol–water partition coefficient (Wildman–Crippen LogP) is 3.46. The van der Waals surface area contributed by atoms with Gasteiger partial charge in [-0.1, -0.05) is 11.8 Å². The summed E-state index contributed by atoms with van der Waals surface area (Å²) in [5.41, 5.74) is 2.57. The fourth-order valence-electron chi connectivity index (χ4n) is 3.24. The number of benzene rings is 2. The number of anilines is 2. The monoisotopic (exact) mass is 490 g/mol. The highest BCUT2D eigenvalue weighted by molar-refractivity contribution is 6.04. The molecule has 0 fully saturated rings. The van der Waals surface area contributed by atoms with Crippen LogP contribution in [-0.2, 0) is 21.3 Å². The number of carbonyl (C=O) groups is 2. The van der Waals surface area contributed by atoms with Gasteiger partial charge in [-0.2, -0.15) is 5.10 Å². The number of amides is 1. The molecule has 3 rings (SSSR count). The first-order valence-electron chi connectivity index (χ1n) is 11.5. The van der Waals surface area contributed by atoms with E-state index in [-0.39, 0.29) is 24.5 Å². The lowest BCUT2D eigenvalue weighted by Gasteiger charge is -2.15. The number of hydrogen-bond donors (Lipinski definition) is 2. The van der Waals surface area contributed by atoms with Crippen LogP contribution in [0.2, 0.25) is 0 Å². The van der Waals surface area contributed by atoms with E-state index in [0.717, 1.165) is 11.3 Å². The molecule has 0 aliphatic carbocycles. The fraction of sp³-hybridized carbons (Fsp3) is 0.296. The van der Waals surface area contributed by atoms with Gasteiger partial charge in [-0.15, -0.1) is 0 Å². The molecule has 36 heavy (non-hydrogen) atoms. The van der Waals surface area contributed by atoms with Crippen LogP contribution in [-0.4, -0.2) is 54.6 Å². The van der Waals surface area contributed by atoms with Gasteiger partial charge < -0.3 is 24.8 Å². The minimum atomic E-state index is -0.321. The minimum Gasteiger partial charge on any atom is -0.488 e. The predicted molar refractivity (Wildman–Crippen MR) is 137 cm³/mol. The zero-order chi connectivity index (χ0) is 25.9. The summed E-state index contributed by atoms with van der Waals surface area (Å²) in [6.07, 6.45) is 1.54. The Kier molecular flexibility index (Phi) is 9.48. The zero-order valence-electron chi connectivity index (χ0n) is 20.8. The molecule has 1 amide bonds. The van der Waals surface area contributed by atoms with Gasteiger partial charge in [0.05, 0.1) is 13.2 Å². The average Bonchev–Trinajstić information content (AvgIpc) is 3.26. The molecule has 9 nitrogen and oxygen atoms in total. The highest BCUT2D eigenvalue weighted by Crippen LogP contribution is 2.20. The van der Waals surface area contributed by atoms with Crippen molar-refractivity contribution in [1.82, 2.24) is 9.78 Å². The van der Waals surface area contributed by atoms with Crippen LogP contribution < -0.4 is 15.4 Å². The SMILES string of the molecule is CCOC(=O)CNc1ccc(C#Cc2cc(O[C@@H](C)COC)cc(C(=O)Nc3ccn(C)n3)c2)cc1. The lowest BCUT2D eigenvalue weighted by atomic mass is 10.1. The summed E-state index contributed by atoms with van der Waals surface area (Å²) in [5, 5.41) is 9.97. The van der Waals surface area contributed by atoms with Crippen molar-refractivity contribution in [3.8, 4) is 17.6 Å². The van der Waals surface area contributed by atoms with Gasteiger partial charge in [0.15, 0.2) is 5.82 Å². The van der Waals surface area contributed by atoms with Crippen LogP contribution in [0.4, 0.5) is 11.5 Å². The largest absolute Gasteiger partial charge is 0.488 e. The van der Waals surface area contributed by atoms with Crippen molar-refractivity contribution in [1.29, 1.82) is 0 Å². The molecule has 1 heterocycles. The van der Waals surface area contributed by atoms with Gasteiger partial charge in [0.2, 0.25) is 0 Å². The molecule has 2 aromatic carbocycles. The van der Waals surface area contributed by atoms with Crippen molar-refractivity contribution < 1.29 is 23.8 Å². The topological polar surface area (TPSA) is 104 Å². The molecule has 0 bridgehead atoms. The normalized spacial score (nSPS) is 11.1. The summed E-state index contributed by atoms with van der Waals surface area (Å²) in [6, 6.07) is 14.2. The number of nitrogens with one attached hydrogen (secondary N) is 2. The molecular weight excluding hydrogens is 460 g/mol. The third-order valence-electron chi connectivity index (χ3n) is 4.84. The Morgan fingerprint density at radius 2 is 1.83 bits per heavy atom. The summed E-state index contributed by atoms with van der Waals surface area (Å²) in [6.45, 7) is 4.49. The van der Waals surface area contributed by atoms with Crippen LogP contribution in [0.15, 0.2) is 54.7 Å². The van der Waals surface area contributed by atoms with Gasteiger partial charge >= 0.3 is 5.97 Å². The van der Waals surface area contributed by atoms with E-state index in [1.165, 1.54) is 0 Å². The number of nitrogens with zero attached hydrogens (tertiary/aromatic N) is 2. The summed E-state index contributed by atoms with van der Waals surface area (Å²) in [5.74, 6) is 6.53. The molecule has 0 aliphatic rings. The standard InChI is InChI=1S/C27H30N4O5/c1-5-35-26(32)17-28-23-10-8-20(9-11-23)6-7-21-14-22(16-24(15-21)36-19(2)18-34-4)27(33)29-25-12-13-31(3)30-25/h8-16,19,28H,5,17-18H2,1-4H3,(H,29,30,33)/t19-/m0/s1. The number of rotatable bonds is 10.